The van der Waals surface area contributed by atoms with E-state index in [0.717, 1.165) is 41.2 Å². The van der Waals surface area contributed by atoms with E-state index < -0.39 is 12.0 Å². The molecular weight excluding hydrogens is 378 g/mol. The lowest BCUT2D eigenvalue weighted by Gasteiger charge is -2.35. The molecule has 0 radical (unpaired) electrons. The molecule has 1 unspecified atom stereocenters. The maximum atomic E-state index is 12.3. The Balaban J connectivity index is 1.70. The molecule has 152 valence electrons. The maximum Gasteiger partial charge on any atom is 0.269 e. The average Bonchev–Trinajstić information content (AvgIpc) is 3.17. The van der Waals surface area contributed by atoms with E-state index in [1.54, 1.807) is 13.1 Å². The van der Waals surface area contributed by atoms with Crippen LogP contribution in [0.4, 0.5) is 0 Å². The van der Waals surface area contributed by atoms with Gasteiger partial charge in [0, 0.05) is 42.5 Å². The van der Waals surface area contributed by atoms with Crippen LogP contribution in [-0.4, -0.2) is 36.4 Å². The van der Waals surface area contributed by atoms with Crippen molar-refractivity contribution in [3.63, 3.8) is 0 Å². The summed E-state index contributed by atoms with van der Waals surface area (Å²) in [5, 5.41) is 13.7. The Morgan fingerprint density at radius 3 is 2.83 bits per heavy atom. The van der Waals surface area contributed by atoms with Gasteiger partial charge in [0.05, 0.1) is 5.69 Å². The first-order valence-electron chi connectivity index (χ1n) is 10.1. The molecule has 1 aromatic carbocycles. The van der Waals surface area contributed by atoms with Crippen molar-refractivity contribution in [3.8, 4) is 23.2 Å². The zero-order valence-corrected chi connectivity index (χ0v) is 17.0. The van der Waals surface area contributed by atoms with Gasteiger partial charge < -0.3 is 15.4 Å². The minimum absolute atomic E-state index is 0.299. The van der Waals surface area contributed by atoms with E-state index in [4.69, 9.17) is 10.7 Å². The van der Waals surface area contributed by atoms with Gasteiger partial charge in [-0.15, -0.1) is 0 Å². The third-order valence-corrected chi connectivity index (χ3v) is 6.15. The van der Waals surface area contributed by atoms with Crippen molar-refractivity contribution in [3.05, 3.63) is 58.7 Å². The Labute approximate surface area is 174 Å². The number of hydrogen-bond acceptors (Lipinski definition) is 4. The Morgan fingerprint density at radius 2 is 2.17 bits per heavy atom. The maximum absolute atomic E-state index is 12.3. The third-order valence-electron chi connectivity index (χ3n) is 6.15. The number of aromatic nitrogens is 4. The first-order valence-corrected chi connectivity index (χ1v) is 10.1. The van der Waals surface area contributed by atoms with Crippen molar-refractivity contribution in [2.45, 2.75) is 44.2 Å². The van der Waals surface area contributed by atoms with E-state index in [2.05, 4.69) is 27.6 Å². The molecule has 1 saturated carbocycles. The van der Waals surface area contributed by atoms with Crippen LogP contribution in [-0.2, 0) is 13.5 Å². The third kappa shape index (κ3) is 2.92. The van der Waals surface area contributed by atoms with Crippen LogP contribution >= 0.6 is 0 Å². The smallest absolute Gasteiger partial charge is 0.269 e. The number of nitrogens with two attached hydrogens (primary N) is 1. The molecule has 0 saturated heterocycles. The molecule has 30 heavy (non-hydrogen) atoms. The summed E-state index contributed by atoms with van der Waals surface area (Å²) in [5.41, 5.74) is 10.9. The fraction of sp³-hybridized carbons (Fsp3) is 0.348. The molecule has 2 bridgehead atoms. The number of imidazole rings is 1. The Hall–Kier alpha value is -3.37. The molecular formula is C23H23N5O2. The van der Waals surface area contributed by atoms with Crippen molar-refractivity contribution in [1.29, 1.82) is 0 Å². The highest BCUT2D eigenvalue weighted by Crippen LogP contribution is 2.53. The summed E-state index contributed by atoms with van der Waals surface area (Å²) >= 11 is 0. The molecule has 7 nitrogen and oxygen atoms in total. The molecule has 2 aromatic heterocycles. The number of carbonyl (C=O) groups is 1. The van der Waals surface area contributed by atoms with Crippen LogP contribution in [0.25, 0.3) is 11.4 Å². The Bertz CT molecular complexity index is 1220. The number of nitrogens with zero attached hydrogens (tertiary/aromatic N) is 4. The molecule has 1 amide bonds. The van der Waals surface area contributed by atoms with E-state index in [-0.39, 0.29) is 0 Å². The summed E-state index contributed by atoms with van der Waals surface area (Å²) in [7, 11) is 1.89. The number of aliphatic hydroxyl groups is 1. The van der Waals surface area contributed by atoms with Gasteiger partial charge in [0.25, 0.3) is 5.91 Å². The number of rotatable bonds is 3. The van der Waals surface area contributed by atoms with Gasteiger partial charge >= 0.3 is 0 Å². The molecule has 3 N–H and O–H groups in total. The number of amides is 1. The van der Waals surface area contributed by atoms with Gasteiger partial charge in [0.2, 0.25) is 0 Å². The van der Waals surface area contributed by atoms with Crippen LogP contribution in [0.3, 0.4) is 0 Å². The number of carbonyl (C=O) groups excluding carboxylic acids is 1. The van der Waals surface area contributed by atoms with Crippen molar-refractivity contribution < 1.29 is 9.90 Å². The molecule has 2 aliphatic heterocycles. The lowest BCUT2D eigenvalue weighted by Crippen LogP contribution is -2.25. The van der Waals surface area contributed by atoms with E-state index in [1.807, 2.05) is 29.9 Å². The molecule has 3 aliphatic rings. The van der Waals surface area contributed by atoms with Gasteiger partial charge in [0.15, 0.2) is 0 Å². The molecule has 1 aliphatic carbocycles. The van der Waals surface area contributed by atoms with Crippen LogP contribution in [0.2, 0.25) is 0 Å². The fourth-order valence-electron chi connectivity index (χ4n) is 4.59. The van der Waals surface area contributed by atoms with Gasteiger partial charge in [0.1, 0.15) is 17.6 Å². The highest BCUT2D eigenvalue weighted by molar-refractivity contribution is 5.93. The Kier molecular flexibility index (Phi) is 4.26. The Morgan fingerprint density at radius 1 is 1.37 bits per heavy atom. The number of aryl methyl sites for hydroxylation is 1. The summed E-state index contributed by atoms with van der Waals surface area (Å²) in [4.78, 5) is 17.0. The van der Waals surface area contributed by atoms with Crippen molar-refractivity contribution in [2.75, 3.05) is 0 Å². The van der Waals surface area contributed by atoms with Gasteiger partial charge in [-0.3, -0.25) is 9.48 Å². The molecule has 4 heterocycles. The number of aliphatic hydroxyl groups excluding tert-OH is 1. The molecule has 0 spiro atoms. The highest BCUT2D eigenvalue weighted by atomic mass is 16.3. The van der Waals surface area contributed by atoms with Crippen molar-refractivity contribution >= 4 is 5.91 Å². The molecule has 7 heteroatoms. The minimum Gasteiger partial charge on any atom is -0.381 e. The number of primary amides is 1. The lowest BCUT2D eigenvalue weighted by molar-refractivity contribution is 0.0994. The van der Waals surface area contributed by atoms with E-state index >= 15 is 0 Å². The zero-order valence-electron chi connectivity index (χ0n) is 17.0. The van der Waals surface area contributed by atoms with Crippen LogP contribution in [0.1, 0.15) is 64.7 Å². The topological polar surface area (TPSA) is 99.0 Å². The van der Waals surface area contributed by atoms with Gasteiger partial charge in [-0.05, 0) is 49.4 Å². The summed E-state index contributed by atoms with van der Waals surface area (Å²) in [5.74, 6) is 6.56. The summed E-state index contributed by atoms with van der Waals surface area (Å²) in [6.07, 6.45) is 3.64. The highest BCUT2D eigenvalue weighted by Gasteiger charge is 2.41. The van der Waals surface area contributed by atoms with Crippen LogP contribution in [0.15, 0.2) is 30.5 Å². The molecule has 1 atom stereocenters. The molecule has 1 fully saturated rings. The lowest BCUT2D eigenvalue weighted by atomic mass is 9.75. The monoisotopic (exact) mass is 401 g/mol. The van der Waals surface area contributed by atoms with Crippen molar-refractivity contribution in [1.82, 2.24) is 19.3 Å². The first kappa shape index (κ1) is 18.6. The van der Waals surface area contributed by atoms with Gasteiger partial charge in [-0.25, -0.2) is 4.98 Å². The first-order chi connectivity index (χ1) is 14.4. The van der Waals surface area contributed by atoms with E-state index in [9.17, 15) is 9.90 Å². The largest absolute Gasteiger partial charge is 0.381 e. The number of benzene rings is 1. The average molecular weight is 401 g/mol. The van der Waals surface area contributed by atoms with Gasteiger partial charge in [-0.1, -0.05) is 17.9 Å². The second kappa shape index (κ2) is 6.85. The number of hydrogen-bond donors (Lipinski definition) is 2. The summed E-state index contributed by atoms with van der Waals surface area (Å²) in [6, 6.07) is 8.36. The SMILES string of the molecule is CC(O)C#Cc1ccc2c(c1)-c1nc(C(N)=O)c(Cc3ccnn3C)n1C1CC2C1. The predicted octanol–water partition coefficient (Wildman–Crippen LogP) is 2.14. The van der Waals surface area contributed by atoms with Crippen molar-refractivity contribution in [2.24, 2.45) is 12.8 Å². The second-order valence-corrected chi connectivity index (χ2v) is 8.16. The predicted molar refractivity (Wildman–Crippen MR) is 112 cm³/mol. The molecule has 3 aromatic rings. The fourth-order valence-corrected chi connectivity index (χ4v) is 4.59. The van der Waals surface area contributed by atoms with Gasteiger partial charge in [-0.2, -0.15) is 5.10 Å². The van der Waals surface area contributed by atoms with E-state index in [1.165, 1.54) is 5.56 Å². The summed E-state index contributed by atoms with van der Waals surface area (Å²) < 4.78 is 4.02. The van der Waals surface area contributed by atoms with Crippen LogP contribution < -0.4 is 5.73 Å². The quantitative estimate of drug-likeness (QED) is 0.657. The van der Waals surface area contributed by atoms with Crippen LogP contribution in [0.5, 0.6) is 0 Å². The van der Waals surface area contributed by atoms with Crippen LogP contribution in [0, 0.1) is 11.8 Å². The zero-order chi connectivity index (χ0) is 21.0. The molecule has 6 rings (SSSR count). The normalized spacial score (nSPS) is 19.6. The summed E-state index contributed by atoms with van der Waals surface area (Å²) in [6.45, 7) is 1.64. The minimum atomic E-state index is -0.689. The van der Waals surface area contributed by atoms with E-state index in [0.29, 0.717) is 24.1 Å². The standard InChI is InChI=1S/C23H23N5O2/c1-13(29)3-4-14-5-6-18-15-10-17(11-15)28-20(12-16-7-8-25-27(16)2)21(22(24)30)26-23(28)19(18)9-14/h5-9,13,15,17,29H,10-12H2,1-2H3,(H2,24,30). The second-order valence-electron chi connectivity index (χ2n) is 8.16.